The average Bonchev–Trinajstić information content (AvgIpc) is 2.26. The summed E-state index contributed by atoms with van der Waals surface area (Å²) in [7, 11) is 0. The van der Waals surface area contributed by atoms with E-state index in [2.05, 4.69) is 9.97 Å². The maximum Gasteiger partial charge on any atom is 0.271 e. The predicted octanol–water partition coefficient (Wildman–Crippen LogP) is 1.06. The van der Waals surface area contributed by atoms with Crippen LogP contribution in [0.5, 0.6) is 0 Å². The van der Waals surface area contributed by atoms with Crippen molar-refractivity contribution in [2.24, 2.45) is 0 Å². The second kappa shape index (κ2) is 3.88. The number of rotatable bonds is 2. The first-order valence-electron chi connectivity index (χ1n) is 5.20. The van der Waals surface area contributed by atoms with E-state index in [0.717, 1.165) is 0 Å². The predicted molar refractivity (Wildman–Crippen MR) is 64.3 cm³/mol. The molecule has 2 rings (SSSR count). The minimum atomic E-state index is -1.32. The quantitative estimate of drug-likeness (QED) is 0.610. The normalized spacial score (nSPS) is 11.7. The van der Waals surface area contributed by atoms with Crippen LogP contribution >= 0.6 is 0 Å². The van der Waals surface area contributed by atoms with Crippen LogP contribution in [0.25, 0.3) is 10.9 Å². The van der Waals surface area contributed by atoms with Crippen LogP contribution in [0.1, 0.15) is 19.7 Å². The Morgan fingerprint density at radius 1 is 1.44 bits per heavy atom. The van der Waals surface area contributed by atoms with E-state index >= 15 is 0 Å². The third-order valence-corrected chi connectivity index (χ3v) is 2.48. The molecule has 2 aromatic rings. The summed E-state index contributed by atoms with van der Waals surface area (Å²) < 4.78 is 0. The molecule has 0 aliphatic rings. The van der Waals surface area contributed by atoms with Crippen LogP contribution in [0, 0.1) is 10.1 Å². The van der Waals surface area contributed by atoms with Gasteiger partial charge in [0, 0.05) is 12.1 Å². The Kier molecular flexibility index (Phi) is 2.63. The van der Waals surface area contributed by atoms with E-state index in [9.17, 15) is 20.0 Å². The maximum atomic E-state index is 11.8. The zero-order chi connectivity index (χ0) is 13.5. The van der Waals surface area contributed by atoms with Crippen LogP contribution in [0.3, 0.4) is 0 Å². The summed E-state index contributed by atoms with van der Waals surface area (Å²) in [6.07, 6.45) is 0. The molecule has 0 fully saturated rings. The molecule has 1 aromatic heterocycles. The number of nitro groups is 1. The van der Waals surface area contributed by atoms with Crippen LogP contribution in [-0.2, 0) is 5.60 Å². The lowest BCUT2D eigenvalue weighted by molar-refractivity contribution is -0.384. The monoisotopic (exact) mass is 249 g/mol. The van der Waals surface area contributed by atoms with E-state index < -0.39 is 16.1 Å². The summed E-state index contributed by atoms with van der Waals surface area (Å²) >= 11 is 0. The molecule has 0 amide bonds. The number of nitrogens with one attached hydrogen (secondary N) is 1. The lowest BCUT2D eigenvalue weighted by Crippen LogP contribution is -2.24. The summed E-state index contributed by atoms with van der Waals surface area (Å²) in [5.74, 6) is 0.0699. The van der Waals surface area contributed by atoms with Gasteiger partial charge in [0.2, 0.25) is 0 Å². The highest BCUT2D eigenvalue weighted by Gasteiger charge is 2.20. The van der Waals surface area contributed by atoms with E-state index in [1.165, 1.54) is 32.0 Å². The molecule has 1 aromatic carbocycles. The first kappa shape index (κ1) is 12.2. The molecule has 0 atom stereocenters. The fourth-order valence-electron chi connectivity index (χ4n) is 1.53. The van der Waals surface area contributed by atoms with Gasteiger partial charge in [0.1, 0.15) is 11.4 Å². The molecule has 7 heteroatoms. The van der Waals surface area contributed by atoms with E-state index in [4.69, 9.17) is 0 Å². The molecule has 7 nitrogen and oxygen atoms in total. The number of nitrogens with zero attached hydrogens (tertiary/aromatic N) is 2. The summed E-state index contributed by atoms with van der Waals surface area (Å²) in [4.78, 5) is 28.3. The molecule has 0 spiro atoms. The number of hydrogen-bond donors (Lipinski definition) is 2. The van der Waals surface area contributed by atoms with Crippen molar-refractivity contribution in [3.63, 3.8) is 0 Å². The summed E-state index contributed by atoms with van der Waals surface area (Å²) in [6.45, 7) is 2.93. The van der Waals surface area contributed by atoms with E-state index in [-0.39, 0.29) is 22.4 Å². The van der Waals surface area contributed by atoms with Gasteiger partial charge in [-0.3, -0.25) is 14.9 Å². The molecule has 0 bridgehead atoms. The number of H-pyrrole nitrogens is 1. The third kappa shape index (κ3) is 2.07. The van der Waals surface area contributed by atoms with Gasteiger partial charge in [0.15, 0.2) is 0 Å². The largest absolute Gasteiger partial charge is 0.383 e. The fraction of sp³-hybridized carbons (Fsp3) is 0.273. The Morgan fingerprint density at radius 2 is 2.11 bits per heavy atom. The molecule has 0 aliphatic carbocycles. The maximum absolute atomic E-state index is 11.8. The highest BCUT2D eigenvalue weighted by molar-refractivity contribution is 5.79. The van der Waals surface area contributed by atoms with E-state index in [1.807, 2.05) is 0 Å². The van der Waals surface area contributed by atoms with Crippen LogP contribution in [0.15, 0.2) is 23.0 Å². The number of aliphatic hydroxyl groups is 1. The van der Waals surface area contributed by atoms with Gasteiger partial charge in [-0.15, -0.1) is 0 Å². The molecule has 0 unspecified atom stereocenters. The van der Waals surface area contributed by atoms with Crippen LogP contribution < -0.4 is 5.56 Å². The Labute approximate surface area is 101 Å². The van der Waals surface area contributed by atoms with Crippen molar-refractivity contribution in [2.75, 3.05) is 0 Å². The number of hydrogen-bond acceptors (Lipinski definition) is 5. The Morgan fingerprint density at radius 3 is 2.67 bits per heavy atom. The van der Waals surface area contributed by atoms with Crippen LogP contribution in [-0.4, -0.2) is 20.0 Å². The van der Waals surface area contributed by atoms with Crippen molar-refractivity contribution >= 4 is 16.6 Å². The summed E-state index contributed by atoms with van der Waals surface area (Å²) in [6, 6.07) is 3.79. The van der Waals surface area contributed by atoms with Gasteiger partial charge < -0.3 is 10.1 Å². The van der Waals surface area contributed by atoms with Gasteiger partial charge >= 0.3 is 0 Å². The zero-order valence-electron chi connectivity index (χ0n) is 9.80. The van der Waals surface area contributed by atoms with E-state index in [0.29, 0.717) is 0 Å². The summed E-state index contributed by atoms with van der Waals surface area (Å²) in [5, 5.41) is 20.7. The minimum absolute atomic E-state index is 0.0699. The zero-order valence-corrected chi connectivity index (χ0v) is 9.80. The molecular weight excluding hydrogens is 238 g/mol. The number of nitro benzene ring substituents is 1. The molecule has 0 saturated heterocycles. The van der Waals surface area contributed by atoms with Crippen LogP contribution in [0.4, 0.5) is 5.69 Å². The lowest BCUT2D eigenvalue weighted by atomic mass is 10.1. The molecule has 94 valence electrons. The highest BCUT2D eigenvalue weighted by Crippen LogP contribution is 2.19. The first-order chi connectivity index (χ1) is 8.29. The molecule has 0 radical (unpaired) electrons. The Bertz CT molecular complexity index is 685. The van der Waals surface area contributed by atoms with Gasteiger partial charge in [-0.1, -0.05) is 0 Å². The van der Waals surface area contributed by atoms with Crippen molar-refractivity contribution in [3.05, 3.63) is 44.5 Å². The average molecular weight is 249 g/mol. The van der Waals surface area contributed by atoms with Gasteiger partial charge in [0.05, 0.1) is 15.8 Å². The Hall–Kier alpha value is -2.28. The SMILES string of the molecule is CC(C)(O)c1nc2cc([N+](=O)[O-])ccc2c(=O)[nH]1. The molecule has 0 aliphatic heterocycles. The summed E-state index contributed by atoms with van der Waals surface area (Å²) in [5.41, 5.74) is -1.72. The molecular formula is C11H11N3O4. The third-order valence-electron chi connectivity index (χ3n) is 2.48. The van der Waals surface area contributed by atoms with E-state index in [1.54, 1.807) is 0 Å². The number of aromatic nitrogens is 2. The molecule has 18 heavy (non-hydrogen) atoms. The minimum Gasteiger partial charge on any atom is -0.383 e. The molecule has 1 heterocycles. The van der Waals surface area contributed by atoms with Crippen LogP contribution in [0.2, 0.25) is 0 Å². The smallest absolute Gasteiger partial charge is 0.271 e. The van der Waals surface area contributed by atoms with Crippen molar-refractivity contribution in [2.45, 2.75) is 19.4 Å². The van der Waals surface area contributed by atoms with Gasteiger partial charge in [-0.05, 0) is 19.9 Å². The number of fused-ring (bicyclic) bond motifs is 1. The molecule has 0 saturated carbocycles. The standard InChI is InChI=1S/C11H11N3O4/c1-11(2,16)10-12-8-5-6(14(17)18)3-4-7(8)9(15)13-10/h3-5,16H,1-2H3,(H,12,13,15). The van der Waals surface area contributed by atoms with Crippen molar-refractivity contribution < 1.29 is 10.0 Å². The highest BCUT2D eigenvalue weighted by atomic mass is 16.6. The molecule has 2 N–H and O–H groups in total. The number of aromatic amines is 1. The fourth-order valence-corrected chi connectivity index (χ4v) is 1.53. The van der Waals surface area contributed by atoms with Crippen molar-refractivity contribution in [1.29, 1.82) is 0 Å². The topological polar surface area (TPSA) is 109 Å². The number of non-ortho nitro benzene ring substituents is 1. The van der Waals surface area contributed by atoms with Gasteiger partial charge in [-0.25, -0.2) is 4.98 Å². The van der Waals surface area contributed by atoms with Crippen molar-refractivity contribution in [1.82, 2.24) is 9.97 Å². The first-order valence-corrected chi connectivity index (χ1v) is 5.20. The second-order valence-corrected chi connectivity index (χ2v) is 4.43. The Balaban J connectivity index is 2.77. The second-order valence-electron chi connectivity index (χ2n) is 4.43. The van der Waals surface area contributed by atoms with Crippen molar-refractivity contribution in [3.8, 4) is 0 Å². The lowest BCUT2D eigenvalue weighted by Gasteiger charge is -2.15. The van der Waals surface area contributed by atoms with Gasteiger partial charge in [0.25, 0.3) is 11.2 Å². The number of benzene rings is 1. The van der Waals surface area contributed by atoms with Gasteiger partial charge in [-0.2, -0.15) is 0 Å².